The van der Waals surface area contributed by atoms with E-state index in [4.69, 9.17) is 5.73 Å². The molecule has 1 aromatic rings. The lowest BCUT2D eigenvalue weighted by Gasteiger charge is -2.12. The first-order valence-corrected chi connectivity index (χ1v) is 5.50. The molecule has 2 atom stereocenters. The predicted octanol–water partition coefficient (Wildman–Crippen LogP) is 2.06. The van der Waals surface area contributed by atoms with Crippen LogP contribution < -0.4 is 5.73 Å². The molecule has 0 aliphatic heterocycles. The Morgan fingerprint density at radius 3 is 2.92 bits per heavy atom. The third-order valence-electron chi connectivity index (χ3n) is 2.67. The first-order valence-electron chi connectivity index (χ1n) is 4.62. The number of carbonyl (C=O) groups is 1. The van der Waals surface area contributed by atoms with Gasteiger partial charge in [0.25, 0.3) is 0 Å². The van der Waals surface area contributed by atoms with Crippen molar-refractivity contribution >= 4 is 17.1 Å². The summed E-state index contributed by atoms with van der Waals surface area (Å²) in [5, 5.41) is 1.94. The molecule has 1 saturated carbocycles. The predicted molar refractivity (Wildman–Crippen MR) is 54.0 cm³/mol. The maximum atomic E-state index is 11.8. The second kappa shape index (κ2) is 3.60. The van der Waals surface area contributed by atoms with Crippen molar-refractivity contribution in [1.82, 2.24) is 0 Å². The molecule has 1 aliphatic carbocycles. The van der Waals surface area contributed by atoms with Gasteiger partial charge < -0.3 is 5.73 Å². The van der Waals surface area contributed by atoms with Crippen molar-refractivity contribution in [2.24, 2.45) is 11.7 Å². The van der Waals surface area contributed by atoms with Crippen LogP contribution in [0.1, 0.15) is 28.9 Å². The van der Waals surface area contributed by atoms with Crippen LogP contribution in [-0.4, -0.2) is 11.8 Å². The summed E-state index contributed by atoms with van der Waals surface area (Å²) in [6.45, 7) is 0. The Balaban J connectivity index is 2.13. The van der Waals surface area contributed by atoms with E-state index < -0.39 is 0 Å². The Morgan fingerprint density at radius 1 is 1.54 bits per heavy atom. The Kier molecular flexibility index (Phi) is 2.47. The van der Waals surface area contributed by atoms with Crippen LogP contribution >= 0.6 is 11.3 Å². The third kappa shape index (κ3) is 1.67. The molecule has 2 unspecified atom stereocenters. The fraction of sp³-hybridized carbons (Fsp3) is 0.500. The molecule has 70 valence electrons. The van der Waals surface area contributed by atoms with Gasteiger partial charge in [-0.3, -0.25) is 4.79 Å². The molecule has 1 aliphatic rings. The molecule has 13 heavy (non-hydrogen) atoms. The summed E-state index contributed by atoms with van der Waals surface area (Å²) in [5.41, 5.74) is 5.87. The average Bonchev–Trinajstić information content (AvgIpc) is 2.72. The molecule has 2 nitrogen and oxygen atoms in total. The quantitative estimate of drug-likeness (QED) is 0.734. The van der Waals surface area contributed by atoms with Gasteiger partial charge in [-0.05, 0) is 24.3 Å². The van der Waals surface area contributed by atoms with Crippen LogP contribution in [0.15, 0.2) is 17.5 Å². The zero-order valence-electron chi connectivity index (χ0n) is 7.40. The molecule has 0 aromatic carbocycles. The Labute approximate surface area is 81.8 Å². The summed E-state index contributed by atoms with van der Waals surface area (Å²) < 4.78 is 0. The molecule has 2 N–H and O–H groups in total. The zero-order valence-corrected chi connectivity index (χ0v) is 8.22. The average molecular weight is 195 g/mol. The number of hydrogen-bond acceptors (Lipinski definition) is 3. The van der Waals surface area contributed by atoms with Crippen molar-refractivity contribution in [3.63, 3.8) is 0 Å². The minimum Gasteiger partial charge on any atom is -0.327 e. The van der Waals surface area contributed by atoms with Crippen LogP contribution in [0, 0.1) is 5.92 Å². The fourth-order valence-corrected chi connectivity index (χ4v) is 2.64. The number of hydrogen-bond donors (Lipinski definition) is 1. The fourth-order valence-electron chi connectivity index (χ4n) is 1.92. The topological polar surface area (TPSA) is 43.1 Å². The summed E-state index contributed by atoms with van der Waals surface area (Å²) >= 11 is 1.51. The Bertz CT molecular complexity index is 294. The largest absolute Gasteiger partial charge is 0.327 e. The number of Topliss-reactive ketones (excluding diaryl/α,β-unsaturated/α-hetero) is 1. The smallest absolute Gasteiger partial charge is 0.177 e. The lowest BCUT2D eigenvalue weighted by molar-refractivity contribution is 0.0917. The van der Waals surface area contributed by atoms with Gasteiger partial charge in [-0.2, -0.15) is 0 Å². The van der Waals surface area contributed by atoms with E-state index in [-0.39, 0.29) is 17.7 Å². The van der Waals surface area contributed by atoms with Gasteiger partial charge in [0, 0.05) is 12.0 Å². The van der Waals surface area contributed by atoms with E-state index in [2.05, 4.69) is 0 Å². The van der Waals surface area contributed by atoms with Gasteiger partial charge in [0.1, 0.15) is 0 Å². The highest BCUT2D eigenvalue weighted by Crippen LogP contribution is 2.28. The van der Waals surface area contributed by atoms with Crippen molar-refractivity contribution in [3.05, 3.63) is 22.4 Å². The van der Waals surface area contributed by atoms with E-state index in [1.807, 2.05) is 17.5 Å². The first-order chi connectivity index (χ1) is 6.29. The third-order valence-corrected chi connectivity index (χ3v) is 3.55. The van der Waals surface area contributed by atoms with Crippen molar-refractivity contribution in [3.8, 4) is 0 Å². The second-order valence-electron chi connectivity index (χ2n) is 3.54. The van der Waals surface area contributed by atoms with Gasteiger partial charge in [0.15, 0.2) is 5.78 Å². The molecule has 0 spiro atoms. The van der Waals surface area contributed by atoms with Gasteiger partial charge in [0.2, 0.25) is 0 Å². The highest BCUT2D eigenvalue weighted by Gasteiger charge is 2.31. The number of ketones is 1. The minimum absolute atomic E-state index is 0.0821. The maximum Gasteiger partial charge on any atom is 0.177 e. The van der Waals surface area contributed by atoms with Crippen molar-refractivity contribution < 1.29 is 4.79 Å². The SMILES string of the molecule is NC1CCCC1C(=O)c1cccs1. The molecular weight excluding hydrogens is 182 g/mol. The molecule has 3 heteroatoms. The van der Waals surface area contributed by atoms with Crippen molar-refractivity contribution in [2.45, 2.75) is 25.3 Å². The highest BCUT2D eigenvalue weighted by molar-refractivity contribution is 7.12. The van der Waals surface area contributed by atoms with Crippen LogP contribution in [0.4, 0.5) is 0 Å². The zero-order chi connectivity index (χ0) is 9.26. The summed E-state index contributed by atoms with van der Waals surface area (Å²) in [6, 6.07) is 3.89. The van der Waals surface area contributed by atoms with Gasteiger partial charge in [-0.25, -0.2) is 0 Å². The van der Waals surface area contributed by atoms with Crippen LogP contribution in [0.3, 0.4) is 0 Å². The van der Waals surface area contributed by atoms with E-state index in [0.717, 1.165) is 24.1 Å². The van der Waals surface area contributed by atoms with E-state index in [1.54, 1.807) is 0 Å². The normalized spacial score (nSPS) is 27.8. The molecule has 1 heterocycles. The molecule has 0 saturated heterocycles. The van der Waals surface area contributed by atoms with Gasteiger partial charge in [-0.1, -0.05) is 12.5 Å². The second-order valence-corrected chi connectivity index (χ2v) is 4.49. The summed E-state index contributed by atoms with van der Waals surface area (Å²) in [7, 11) is 0. The van der Waals surface area contributed by atoms with Crippen LogP contribution in [0.25, 0.3) is 0 Å². The van der Waals surface area contributed by atoms with E-state index in [9.17, 15) is 4.79 Å². The molecule has 1 fully saturated rings. The lowest BCUT2D eigenvalue weighted by atomic mass is 9.98. The number of thiophene rings is 1. The lowest BCUT2D eigenvalue weighted by Crippen LogP contribution is -2.30. The van der Waals surface area contributed by atoms with Crippen LogP contribution in [-0.2, 0) is 0 Å². The van der Waals surface area contributed by atoms with Gasteiger partial charge >= 0.3 is 0 Å². The van der Waals surface area contributed by atoms with Gasteiger partial charge in [-0.15, -0.1) is 11.3 Å². The number of nitrogens with two attached hydrogens (primary N) is 1. The molecule has 0 radical (unpaired) electrons. The standard InChI is InChI=1S/C10H13NOS/c11-8-4-1-3-7(8)10(12)9-5-2-6-13-9/h2,5-8H,1,3-4,11H2. The minimum atomic E-state index is 0.0821. The van der Waals surface area contributed by atoms with Gasteiger partial charge in [0.05, 0.1) is 4.88 Å². The first kappa shape index (κ1) is 8.91. The van der Waals surface area contributed by atoms with Crippen LogP contribution in [0.2, 0.25) is 0 Å². The summed E-state index contributed by atoms with van der Waals surface area (Å²) in [6.07, 6.45) is 3.07. The highest BCUT2D eigenvalue weighted by atomic mass is 32.1. The Morgan fingerprint density at radius 2 is 2.38 bits per heavy atom. The van der Waals surface area contributed by atoms with E-state index in [1.165, 1.54) is 11.3 Å². The van der Waals surface area contributed by atoms with Crippen LogP contribution in [0.5, 0.6) is 0 Å². The molecule has 0 bridgehead atoms. The molecular formula is C10H13NOS. The number of carbonyl (C=O) groups excluding carboxylic acids is 1. The monoisotopic (exact) mass is 195 g/mol. The molecule has 2 rings (SSSR count). The van der Waals surface area contributed by atoms with Crippen molar-refractivity contribution in [2.75, 3.05) is 0 Å². The Hall–Kier alpha value is -0.670. The number of rotatable bonds is 2. The summed E-state index contributed by atoms with van der Waals surface area (Å²) in [5.74, 6) is 0.332. The van der Waals surface area contributed by atoms with E-state index >= 15 is 0 Å². The molecule has 0 amide bonds. The van der Waals surface area contributed by atoms with Crippen molar-refractivity contribution in [1.29, 1.82) is 0 Å². The van der Waals surface area contributed by atoms with E-state index in [0.29, 0.717) is 0 Å². The maximum absolute atomic E-state index is 11.8. The molecule has 1 aromatic heterocycles. The summed E-state index contributed by atoms with van der Waals surface area (Å²) in [4.78, 5) is 12.7.